The number of hydrogen-bond donors (Lipinski definition) is 0. The highest BCUT2D eigenvalue weighted by molar-refractivity contribution is 5.81. The van der Waals surface area contributed by atoms with Crippen LogP contribution in [0.2, 0.25) is 0 Å². The minimum atomic E-state index is -0.0923. The summed E-state index contributed by atoms with van der Waals surface area (Å²) in [6.45, 7) is 1.40. The Balaban J connectivity index is 1.71. The van der Waals surface area contributed by atoms with Crippen LogP contribution in [0, 0.1) is 11.3 Å². The van der Waals surface area contributed by atoms with E-state index in [1.807, 2.05) is 12.1 Å². The van der Waals surface area contributed by atoms with Crippen molar-refractivity contribution in [3.63, 3.8) is 0 Å². The van der Waals surface area contributed by atoms with Gasteiger partial charge >= 0.3 is 0 Å². The highest BCUT2D eigenvalue weighted by Gasteiger charge is 2.32. The molecule has 1 fully saturated rings. The van der Waals surface area contributed by atoms with Crippen LogP contribution in [0.5, 0.6) is 0 Å². The first-order chi connectivity index (χ1) is 11.6. The van der Waals surface area contributed by atoms with Crippen LogP contribution in [-0.2, 0) is 11.3 Å². The van der Waals surface area contributed by atoms with Crippen molar-refractivity contribution in [2.45, 2.75) is 25.4 Å². The third-order valence-electron chi connectivity index (χ3n) is 4.28. The molecule has 2 heterocycles. The van der Waals surface area contributed by atoms with Crippen molar-refractivity contribution in [3.8, 4) is 17.4 Å². The molecule has 24 heavy (non-hydrogen) atoms. The van der Waals surface area contributed by atoms with Gasteiger partial charge in [-0.25, -0.2) is 4.98 Å². The number of likely N-dealkylation sites (N-methyl/N-ethyl adjacent to an activating group) is 1. The molecule has 1 unspecified atom stereocenters. The van der Waals surface area contributed by atoms with Crippen LogP contribution in [0.3, 0.4) is 0 Å². The predicted octanol–water partition coefficient (Wildman–Crippen LogP) is 2.27. The number of hydrogen-bond acceptors (Lipinski definition) is 5. The van der Waals surface area contributed by atoms with E-state index >= 15 is 0 Å². The SMILES string of the molecule is CN(C)C(=O)C1CCCN1Cc1ncc(-c2ccc(C#N)cc2)o1. The molecule has 1 amide bonds. The molecule has 6 nitrogen and oxygen atoms in total. The van der Waals surface area contributed by atoms with E-state index in [0.717, 1.165) is 24.9 Å². The summed E-state index contributed by atoms with van der Waals surface area (Å²) >= 11 is 0. The molecule has 6 heteroatoms. The van der Waals surface area contributed by atoms with Gasteiger partial charge in [-0.3, -0.25) is 9.69 Å². The maximum absolute atomic E-state index is 12.2. The molecule has 0 aliphatic carbocycles. The van der Waals surface area contributed by atoms with E-state index in [1.54, 1.807) is 37.3 Å². The van der Waals surface area contributed by atoms with Crippen molar-refractivity contribution < 1.29 is 9.21 Å². The second kappa shape index (κ2) is 6.85. The summed E-state index contributed by atoms with van der Waals surface area (Å²) in [5, 5.41) is 8.85. The molecule has 1 aromatic heterocycles. The minimum absolute atomic E-state index is 0.0923. The zero-order valence-corrected chi connectivity index (χ0v) is 13.9. The molecule has 0 saturated carbocycles. The third-order valence-corrected chi connectivity index (χ3v) is 4.28. The molecule has 3 rings (SSSR count). The number of oxazole rings is 1. The van der Waals surface area contributed by atoms with E-state index < -0.39 is 0 Å². The molecular formula is C18H20N4O2. The lowest BCUT2D eigenvalue weighted by atomic mass is 10.1. The quantitative estimate of drug-likeness (QED) is 0.862. The van der Waals surface area contributed by atoms with Gasteiger partial charge in [0.2, 0.25) is 11.8 Å². The number of nitriles is 1. The number of benzene rings is 1. The monoisotopic (exact) mass is 324 g/mol. The fraction of sp³-hybridized carbons (Fsp3) is 0.389. The van der Waals surface area contributed by atoms with Crippen LogP contribution >= 0.6 is 0 Å². The Morgan fingerprint density at radius 3 is 2.83 bits per heavy atom. The van der Waals surface area contributed by atoms with Gasteiger partial charge in [0.05, 0.1) is 30.4 Å². The van der Waals surface area contributed by atoms with E-state index in [0.29, 0.717) is 23.8 Å². The molecule has 0 N–H and O–H groups in total. The Morgan fingerprint density at radius 2 is 2.17 bits per heavy atom. The molecule has 124 valence electrons. The number of nitrogens with zero attached hydrogens (tertiary/aromatic N) is 4. The van der Waals surface area contributed by atoms with Crippen molar-refractivity contribution in [2.24, 2.45) is 0 Å². The summed E-state index contributed by atoms with van der Waals surface area (Å²) in [6.07, 6.45) is 3.57. The predicted molar refractivity (Wildman–Crippen MR) is 88.8 cm³/mol. The van der Waals surface area contributed by atoms with Gasteiger partial charge in [-0.15, -0.1) is 0 Å². The van der Waals surface area contributed by atoms with Crippen molar-refractivity contribution in [2.75, 3.05) is 20.6 Å². The van der Waals surface area contributed by atoms with E-state index in [-0.39, 0.29) is 11.9 Å². The molecule has 1 aliphatic heterocycles. The molecular weight excluding hydrogens is 304 g/mol. The van der Waals surface area contributed by atoms with Gasteiger partial charge in [0.25, 0.3) is 0 Å². The number of likely N-dealkylation sites (tertiary alicyclic amines) is 1. The standard InChI is InChI=1S/C18H20N4O2/c1-21(2)18(23)15-4-3-9-22(15)12-17-20-11-16(24-17)14-7-5-13(10-19)6-8-14/h5-8,11,15H,3-4,9,12H2,1-2H3. The van der Waals surface area contributed by atoms with Crippen LogP contribution in [-0.4, -0.2) is 47.4 Å². The summed E-state index contributed by atoms with van der Waals surface area (Å²) in [6, 6.07) is 9.20. The summed E-state index contributed by atoms with van der Waals surface area (Å²) in [4.78, 5) is 20.3. The highest BCUT2D eigenvalue weighted by Crippen LogP contribution is 2.24. The van der Waals surface area contributed by atoms with Crippen LogP contribution in [0.4, 0.5) is 0 Å². The molecule has 1 aliphatic rings. The van der Waals surface area contributed by atoms with Gasteiger partial charge in [-0.05, 0) is 43.7 Å². The average molecular weight is 324 g/mol. The third kappa shape index (κ3) is 3.31. The Hall–Kier alpha value is -2.65. The first-order valence-electron chi connectivity index (χ1n) is 7.99. The Labute approximate surface area is 141 Å². The maximum Gasteiger partial charge on any atom is 0.239 e. The molecule has 0 spiro atoms. The Kier molecular flexibility index (Phi) is 4.63. The molecule has 2 aromatic rings. The lowest BCUT2D eigenvalue weighted by molar-refractivity contribution is -0.133. The number of carbonyl (C=O) groups is 1. The minimum Gasteiger partial charge on any atom is -0.439 e. The van der Waals surface area contributed by atoms with Gasteiger partial charge in [-0.2, -0.15) is 5.26 Å². The number of amides is 1. The van der Waals surface area contributed by atoms with Crippen molar-refractivity contribution in [1.29, 1.82) is 5.26 Å². The summed E-state index contributed by atoms with van der Waals surface area (Å²) in [5.41, 5.74) is 1.50. The average Bonchev–Trinajstić information content (AvgIpc) is 3.24. The van der Waals surface area contributed by atoms with Crippen LogP contribution in [0.25, 0.3) is 11.3 Å². The van der Waals surface area contributed by atoms with Crippen LogP contribution < -0.4 is 0 Å². The van der Waals surface area contributed by atoms with E-state index in [4.69, 9.17) is 9.68 Å². The summed E-state index contributed by atoms with van der Waals surface area (Å²) < 4.78 is 5.83. The molecule has 1 atom stereocenters. The molecule has 1 aromatic carbocycles. The molecule has 1 saturated heterocycles. The smallest absolute Gasteiger partial charge is 0.239 e. The van der Waals surface area contributed by atoms with Crippen LogP contribution in [0.15, 0.2) is 34.9 Å². The Bertz CT molecular complexity index is 758. The molecule has 0 radical (unpaired) electrons. The van der Waals surface area contributed by atoms with Crippen LogP contribution in [0.1, 0.15) is 24.3 Å². The number of carbonyl (C=O) groups excluding carboxylic acids is 1. The maximum atomic E-state index is 12.2. The molecule has 0 bridgehead atoms. The van der Waals surface area contributed by atoms with Crippen molar-refractivity contribution >= 4 is 5.91 Å². The van der Waals surface area contributed by atoms with E-state index in [9.17, 15) is 4.79 Å². The summed E-state index contributed by atoms with van der Waals surface area (Å²) in [7, 11) is 3.57. The fourth-order valence-corrected chi connectivity index (χ4v) is 2.99. The largest absolute Gasteiger partial charge is 0.439 e. The van der Waals surface area contributed by atoms with Gasteiger partial charge in [0, 0.05) is 19.7 Å². The zero-order valence-electron chi connectivity index (χ0n) is 13.9. The second-order valence-corrected chi connectivity index (χ2v) is 6.17. The van der Waals surface area contributed by atoms with Crippen molar-refractivity contribution in [3.05, 3.63) is 41.9 Å². The highest BCUT2D eigenvalue weighted by atomic mass is 16.4. The fourth-order valence-electron chi connectivity index (χ4n) is 2.99. The van der Waals surface area contributed by atoms with E-state index in [1.165, 1.54) is 0 Å². The van der Waals surface area contributed by atoms with Gasteiger partial charge in [0.15, 0.2) is 5.76 Å². The van der Waals surface area contributed by atoms with Crippen molar-refractivity contribution in [1.82, 2.24) is 14.8 Å². The second-order valence-electron chi connectivity index (χ2n) is 6.17. The number of aromatic nitrogens is 1. The Morgan fingerprint density at radius 1 is 1.42 bits per heavy atom. The zero-order chi connectivity index (χ0) is 17.1. The number of rotatable bonds is 4. The first kappa shape index (κ1) is 16.2. The summed E-state index contributed by atoms with van der Waals surface area (Å²) in [5.74, 6) is 1.41. The normalized spacial score (nSPS) is 17.6. The van der Waals surface area contributed by atoms with Gasteiger partial charge < -0.3 is 9.32 Å². The topological polar surface area (TPSA) is 73.4 Å². The lowest BCUT2D eigenvalue weighted by Crippen LogP contribution is -2.42. The van der Waals surface area contributed by atoms with Gasteiger partial charge in [-0.1, -0.05) is 0 Å². The first-order valence-corrected chi connectivity index (χ1v) is 7.99. The lowest BCUT2D eigenvalue weighted by Gasteiger charge is -2.24. The van der Waals surface area contributed by atoms with E-state index in [2.05, 4.69) is 16.0 Å². The van der Waals surface area contributed by atoms with Gasteiger partial charge in [0.1, 0.15) is 0 Å².